The van der Waals surface area contributed by atoms with E-state index in [1.54, 1.807) is 31.0 Å². The lowest BCUT2D eigenvalue weighted by atomic mass is 10.1. The van der Waals surface area contributed by atoms with E-state index in [-0.39, 0.29) is 11.7 Å². The third-order valence-corrected chi connectivity index (χ3v) is 5.91. The number of hydrogen-bond acceptors (Lipinski definition) is 5. The number of nitrogens with zero attached hydrogens (tertiary/aromatic N) is 5. The number of carbonyl (C=O) groups excluding carboxylic acids is 1. The minimum Gasteiger partial charge on any atom is -0.493 e. The molecule has 4 aromatic rings. The Balaban J connectivity index is 1.61. The monoisotopic (exact) mass is 464 g/mol. The zero-order valence-corrected chi connectivity index (χ0v) is 19.9. The van der Waals surface area contributed by atoms with Gasteiger partial charge in [0.2, 0.25) is 0 Å². The first-order valence-electron chi connectivity index (χ1n) is 11.1. The summed E-state index contributed by atoms with van der Waals surface area (Å²) in [6.07, 6.45) is 4.91. The number of nitrogens with two attached hydrogens (primary N) is 1. The summed E-state index contributed by atoms with van der Waals surface area (Å²) in [5, 5.41) is 4.38. The Morgan fingerprint density at radius 1 is 1.21 bits per heavy atom. The molecule has 178 valence electrons. The molecule has 0 atom stereocenters. The molecule has 1 amide bonds. The fourth-order valence-electron chi connectivity index (χ4n) is 3.97. The summed E-state index contributed by atoms with van der Waals surface area (Å²) in [6, 6.07) is 8.26. The largest absolute Gasteiger partial charge is 0.493 e. The molecule has 0 aliphatic heterocycles. The van der Waals surface area contributed by atoms with Crippen LogP contribution in [0.25, 0.3) is 16.8 Å². The Kier molecular flexibility index (Phi) is 6.65. The van der Waals surface area contributed by atoms with E-state index in [2.05, 4.69) is 10.1 Å². The van der Waals surface area contributed by atoms with Crippen molar-refractivity contribution < 1.29 is 13.9 Å². The number of rotatable bonds is 8. The first-order valence-corrected chi connectivity index (χ1v) is 11.1. The Labute approximate surface area is 197 Å². The van der Waals surface area contributed by atoms with Crippen molar-refractivity contribution in [3.63, 3.8) is 0 Å². The second kappa shape index (κ2) is 9.64. The molecule has 3 heterocycles. The molecule has 0 radical (unpaired) electrons. The second-order valence-electron chi connectivity index (χ2n) is 8.41. The van der Waals surface area contributed by atoms with Crippen molar-refractivity contribution >= 4 is 11.6 Å². The first kappa shape index (κ1) is 23.4. The predicted octanol–water partition coefficient (Wildman–Crippen LogP) is 3.01. The smallest absolute Gasteiger partial charge is 0.274 e. The van der Waals surface area contributed by atoms with Gasteiger partial charge in [0.1, 0.15) is 17.2 Å². The lowest BCUT2D eigenvalue weighted by molar-refractivity contribution is 0.0820. The van der Waals surface area contributed by atoms with E-state index >= 15 is 0 Å². The van der Waals surface area contributed by atoms with E-state index in [9.17, 15) is 9.18 Å². The number of aryl methyl sites for hydroxylation is 1. The van der Waals surface area contributed by atoms with Crippen LogP contribution < -0.4 is 10.5 Å². The van der Waals surface area contributed by atoms with Crippen LogP contribution in [0.5, 0.6) is 5.75 Å². The van der Waals surface area contributed by atoms with Gasteiger partial charge in [-0.3, -0.25) is 9.48 Å². The molecule has 0 saturated heterocycles. The molecule has 0 unspecified atom stereocenters. The van der Waals surface area contributed by atoms with Crippen molar-refractivity contribution in [3.8, 4) is 16.9 Å². The molecule has 0 bridgehead atoms. The van der Waals surface area contributed by atoms with Crippen molar-refractivity contribution in [1.82, 2.24) is 24.1 Å². The molecular formula is C25H29FN6O2. The first-order chi connectivity index (χ1) is 16.3. The highest BCUT2D eigenvalue weighted by Gasteiger charge is 2.21. The molecule has 0 aliphatic carbocycles. The number of amides is 1. The molecule has 0 aliphatic rings. The summed E-state index contributed by atoms with van der Waals surface area (Å²) in [4.78, 5) is 18.5. The van der Waals surface area contributed by atoms with Gasteiger partial charge >= 0.3 is 0 Å². The maximum atomic E-state index is 14.2. The number of pyridine rings is 1. The van der Waals surface area contributed by atoms with Crippen molar-refractivity contribution in [3.05, 3.63) is 71.2 Å². The number of fused-ring (bicyclic) bond motifs is 1. The Bertz CT molecular complexity index is 1340. The summed E-state index contributed by atoms with van der Waals surface area (Å²) in [7, 11) is 5.22. The van der Waals surface area contributed by atoms with Gasteiger partial charge in [-0.05, 0) is 43.8 Å². The van der Waals surface area contributed by atoms with Crippen LogP contribution in [0.2, 0.25) is 0 Å². The quantitative estimate of drug-likeness (QED) is 0.433. The van der Waals surface area contributed by atoms with Gasteiger partial charge in [-0.1, -0.05) is 0 Å². The molecule has 0 spiro atoms. The highest BCUT2D eigenvalue weighted by Crippen LogP contribution is 2.31. The minimum atomic E-state index is -0.350. The van der Waals surface area contributed by atoms with Crippen molar-refractivity contribution in [2.24, 2.45) is 12.8 Å². The molecule has 8 nitrogen and oxygen atoms in total. The van der Waals surface area contributed by atoms with E-state index in [1.165, 1.54) is 17.0 Å². The topological polar surface area (TPSA) is 90.7 Å². The Hall–Kier alpha value is -3.72. The number of aromatic nitrogens is 4. The van der Waals surface area contributed by atoms with Crippen LogP contribution in [0.3, 0.4) is 0 Å². The summed E-state index contributed by atoms with van der Waals surface area (Å²) >= 11 is 0. The Morgan fingerprint density at radius 3 is 2.74 bits per heavy atom. The maximum Gasteiger partial charge on any atom is 0.274 e. The molecule has 34 heavy (non-hydrogen) atoms. The molecule has 2 N–H and O–H groups in total. The third-order valence-electron chi connectivity index (χ3n) is 5.91. The summed E-state index contributed by atoms with van der Waals surface area (Å²) < 4.78 is 24.0. The van der Waals surface area contributed by atoms with Gasteiger partial charge in [-0.15, -0.1) is 0 Å². The molecule has 3 aromatic heterocycles. The van der Waals surface area contributed by atoms with Crippen LogP contribution in [0, 0.1) is 12.7 Å². The highest BCUT2D eigenvalue weighted by molar-refractivity contribution is 5.93. The maximum absolute atomic E-state index is 14.2. The summed E-state index contributed by atoms with van der Waals surface area (Å²) in [5.74, 6) is 0.0589. The average Bonchev–Trinajstić information content (AvgIpc) is 3.34. The van der Waals surface area contributed by atoms with E-state index in [0.717, 1.165) is 28.2 Å². The van der Waals surface area contributed by atoms with E-state index in [1.807, 2.05) is 36.7 Å². The van der Waals surface area contributed by atoms with Gasteiger partial charge < -0.3 is 19.8 Å². The lowest BCUT2D eigenvalue weighted by Gasteiger charge is -2.14. The molecule has 0 saturated carbocycles. The summed E-state index contributed by atoms with van der Waals surface area (Å²) in [5.41, 5.74) is 11.1. The fourth-order valence-corrected chi connectivity index (χ4v) is 3.97. The van der Waals surface area contributed by atoms with E-state index in [0.29, 0.717) is 43.0 Å². The molecule has 4 rings (SSSR count). The van der Waals surface area contributed by atoms with Crippen LogP contribution in [0.15, 0.2) is 42.7 Å². The van der Waals surface area contributed by atoms with Crippen molar-refractivity contribution in [2.45, 2.75) is 19.8 Å². The molecular weight excluding hydrogens is 435 g/mol. The van der Waals surface area contributed by atoms with Crippen LogP contribution in [0.4, 0.5) is 4.39 Å². The fraction of sp³-hybridized carbons (Fsp3) is 0.320. The van der Waals surface area contributed by atoms with Gasteiger partial charge in [-0.25, -0.2) is 9.37 Å². The minimum absolute atomic E-state index is 0.150. The van der Waals surface area contributed by atoms with Crippen LogP contribution in [0.1, 0.15) is 27.4 Å². The van der Waals surface area contributed by atoms with Crippen LogP contribution in [-0.2, 0) is 19.9 Å². The number of hydrogen-bond donors (Lipinski definition) is 1. The van der Waals surface area contributed by atoms with Gasteiger partial charge in [0.25, 0.3) is 5.91 Å². The predicted molar refractivity (Wildman–Crippen MR) is 129 cm³/mol. The second-order valence-corrected chi connectivity index (χ2v) is 8.41. The Morgan fingerprint density at radius 2 is 2.00 bits per heavy atom. The standard InChI is InChI=1S/C25H29FN6O2/c1-16-20(24(29-31(16)4)25(33)30(2)3)10-12-34-22-7-6-18(26)13-21(22)17-5-8-23-28-14-19(9-11-27)32(23)15-17/h5-8,13-15H,9-12,27H2,1-4H3. The zero-order chi connectivity index (χ0) is 24.4. The summed E-state index contributed by atoms with van der Waals surface area (Å²) in [6.45, 7) is 2.75. The number of carbonyl (C=O) groups is 1. The van der Waals surface area contributed by atoms with Crippen molar-refractivity contribution in [1.29, 1.82) is 0 Å². The zero-order valence-electron chi connectivity index (χ0n) is 19.9. The normalized spacial score (nSPS) is 11.2. The van der Waals surface area contributed by atoms with Gasteiger partial charge in [-0.2, -0.15) is 5.10 Å². The number of ether oxygens (including phenoxy) is 1. The third kappa shape index (κ3) is 4.51. The van der Waals surface area contributed by atoms with Crippen LogP contribution in [-0.4, -0.2) is 57.2 Å². The number of imidazole rings is 1. The van der Waals surface area contributed by atoms with E-state index < -0.39 is 0 Å². The van der Waals surface area contributed by atoms with Crippen LogP contribution >= 0.6 is 0 Å². The van der Waals surface area contributed by atoms with E-state index in [4.69, 9.17) is 10.5 Å². The number of halogens is 1. The van der Waals surface area contributed by atoms with Gasteiger partial charge in [0, 0.05) is 74.5 Å². The van der Waals surface area contributed by atoms with Gasteiger partial charge in [0.15, 0.2) is 5.69 Å². The molecule has 1 aromatic carbocycles. The van der Waals surface area contributed by atoms with Crippen molar-refractivity contribution in [2.75, 3.05) is 27.2 Å². The SMILES string of the molecule is Cc1c(CCOc2ccc(F)cc2-c2ccc3ncc(CCN)n3c2)c(C(=O)N(C)C)nn1C. The average molecular weight is 465 g/mol. The van der Waals surface area contributed by atoms with Gasteiger partial charge in [0.05, 0.1) is 6.61 Å². The highest BCUT2D eigenvalue weighted by atomic mass is 19.1. The molecule has 0 fully saturated rings. The number of benzene rings is 1. The lowest BCUT2D eigenvalue weighted by Crippen LogP contribution is -2.23. The molecule has 9 heteroatoms.